The first kappa shape index (κ1) is 13.6. The molecule has 1 heterocycles. The van der Waals surface area contributed by atoms with Gasteiger partial charge >= 0.3 is 0 Å². The van der Waals surface area contributed by atoms with Gasteiger partial charge in [0.25, 0.3) is 0 Å². The Labute approximate surface area is 120 Å². The summed E-state index contributed by atoms with van der Waals surface area (Å²) in [7, 11) is 0. The second-order valence-corrected chi connectivity index (χ2v) is 4.72. The van der Waals surface area contributed by atoms with Crippen LogP contribution in [-0.2, 0) is 0 Å². The predicted molar refractivity (Wildman–Crippen MR) is 77.3 cm³/mol. The molecular weight excluding hydrogens is 272 g/mol. The molecule has 106 valence electrons. The van der Waals surface area contributed by atoms with E-state index < -0.39 is 17.7 Å². The van der Waals surface area contributed by atoms with Gasteiger partial charge in [-0.05, 0) is 23.8 Å². The van der Waals surface area contributed by atoms with Gasteiger partial charge in [-0.2, -0.15) is 0 Å². The normalized spacial score (nSPS) is 12.5. The molecule has 5 heteroatoms. The van der Waals surface area contributed by atoms with Crippen molar-refractivity contribution in [3.8, 4) is 0 Å². The number of fused-ring (bicyclic) bond motifs is 1. The van der Waals surface area contributed by atoms with Crippen LogP contribution in [0.2, 0.25) is 0 Å². The van der Waals surface area contributed by atoms with Crippen LogP contribution in [0, 0.1) is 11.6 Å². The summed E-state index contributed by atoms with van der Waals surface area (Å²) < 4.78 is 26.9. The molecule has 3 nitrogen and oxygen atoms in total. The summed E-state index contributed by atoms with van der Waals surface area (Å²) >= 11 is 0. The number of rotatable bonds is 3. The molecule has 0 aliphatic carbocycles. The number of hydrogen-bond acceptors (Lipinski definition) is 3. The van der Waals surface area contributed by atoms with Crippen LogP contribution in [0.3, 0.4) is 0 Å². The molecule has 1 atom stereocenters. The minimum atomic E-state index is -0.640. The summed E-state index contributed by atoms with van der Waals surface area (Å²) in [5.74, 6) is 4.32. The van der Waals surface area contributed by atoms with Gasteiger partial charge in [0.05, 0.1) is 11.6 Å². The van der Waals surface area contributed by atoms with Gasteiger partial charge < -0.3 is 0 Å². The standard InChI is InChI=1S/C16H13F2N3/c17-12-7-11(8-13(18)9-12)16(21-19)14-5-1-3-10-4-2-6-20-15(10)14/h1-9,16,21H,19H2. The Bertz CT molecular complexity index is 764. The van der Waals surface area contributed by atoms with Crippen LogP contribution in [0.4, 0.5) is 8.78 Å². The van der Waals surface area contributed by atoms with E-state index in [0.717, 1.165) is 22.5 Å². The largest absolute Gasteiger partial charge is 0.271 e. The van der Waals surface area contributed by atoms with Gasteiger partial charge in [-0.1, -0.05) is 24.3 Å². The van der Waals surface area contributed by atoms with Crippen molar-refractivity contribution in [2.75, 3.05) is 0 Å². The molecule has 0 amide bonds. The molecule has 0 aliphatic heterocycles. The number of hydrazine groups is 1. The van der Waals surface area contributed by atoms with Crippen molar-refractivity contribution in [1.82, 2.24) is 10.4 Å². The smallest absolute Gasteiger partial charge is 0.126 e. The van der Waals surface area contributed by atoms with Gasteiger partial charge in [0.15, 0.2) is 0 Å². The van der Waals surface area contributed by atoms with E-state index in [1.54, 1.807) is 6.20 Å². The average Bonchev–Trinajstić information content (AvgIpc) is 2.47. The SMILES string of the molecule is NNC(c1cc(F)cc(F)c1)c1cccc2cccnc12. The Morgan fingerprint density at radius 3 is 2.43 bits per heavy atom. The van der Waals surface area contributed by atoms with E-state index in [1.807, 2.05) is 30.3 Å². The maximum absolute atomic E-state index is 13.4. The lowest BCUT2D eigenvalue weighted by Gasteiger charge is -2.18. The number of para-hydroxylation sites is 1. The molecule has 3 rings (SSSR count). The zero-order valence-electron chi connectivity index (χ0n) is 11.1. The number of aromatic nitrogens is 1. The Morgan fingerprint density at radius 2 is 1.71 bits per heavy atom. The van der Waals surface area contributed by atoms with Gasteiger partial charge in [-0.25, -0.2) is 14.2 Å². The molecule has 2 aromatic carbocycles. The molecule has 0 fully saturated rings. The molecule has 0 saturated heterocycles. The summed E-state index contributed by atoms with van der Waals surface area (Å²) in [6, 6.07) is 12.2. The Hall–Kier alpha value is -2.37. The topological polar surface area (TPSA) is 50.9 Å². The van der Waals surface area contributed by atoms with E-state index in [2.05, 4.69) is 10.4 Å². The Balaban J connectivity index is 2.18. The quantitative estimate of drug-likeness (QED) is 0.574. The molecule has 0 aliphatic rings. The molecule has 0 spiro atoms. The van der Waals surface area contributed by atoms with E-state index in [9.17, 15) is 8.78 Å². The lowest BCUT2D eigenvalue weighted by molar-refractivity contribution is 0.566. The molecular formula is C16H13F2N3. The maximum atomic E-state index is 13.4. The fourth-order valence-electron chi connectivity index (χ4n) is 2.47. The number of benzene rings is 2. The monoisotopic (exact) mass is 285 g/mol. The first-order valence-electron chi connectivity index (χ1n) is 6.45. The zero-order chi connectivity index (χ0) is 14.8. The van der Waals surface area contributed by atoms with E-state index >= 15 is 0 Å². The van der Waals surface area contributed by atoms with Crippen LogP contribution in [0.25, 0.3) is 10.9 Å². The van der Waals surface area contributed by atoms with Crippen LogP contribution in [0.15, 0.2) is 54.7 Å². The third-order valence-corrected chi connectivity index (χ3v) is 3.36. The molecule has 0 radical (unpaired) electrons. The first-order chi connectivity index (χ1) is 10.2. The van der Waals surface area contributed by atoms with Gasteiger partial charge in [-0.3, -0.25) is 10.8 Å². The minimum absolute atomic E-state index is 0.410. The van der Waals surface area contributed by atoms with Gasteiger partial charge in [0.1, 0.15) is 11.6 Å². The summed E-state index contributed by atoms with van der Waals surface area (Å²) in [6.45, 7) is 0. The number of pyridine rings is 1. The highest BCUT2D eigenvalue weighted by molar-refractivity contribution is 5.82. The second kappa shape index (κ2) is 5.55. The lowest BCUT2D eigenvalue weighted by Crippen LogP contribution is -2.29. The van der Waals surface area contributed by atoms with E-state index in [-0.39, 0.29) is 0 Å². The van der Waals surface area contributed by atoms with Gasteiger partial charge in [0.2, 0.25) is 0 Å². The highest BCUT2D eigenvalue weighted by Crippen LogP contribution is 2.28. The van der Waals surface area contributed by atoms with Crippen LogP contribution >= 0.6 is 0 Å². The van der Waals surface area contributed by atoms with E-state index in [0.29, 0.717) is 5.56 Å². The molecule has 0 saturated carbocycles. The molecule has 3 N–H and O–H groups in total. The molecule has 1 unspecified atom stereocenters. The summed E-state index contributed by atoms with van der Waals surface area (Å²) in [5.41, 5.74) is 4.53. The molecule has 1 aromatic heterocycles. The number of hydrogen-bond donors (Lipinski definition) is 2. The van der Waals surface area contributed by atoms with Crippen LogP contribution in [-0.4, -0.2) is 4.98 Å². The minimum Gasteiger partial charge on any atom is -0.271 e. The number of halogens is 2. The maximum Gasteiger partial charge on any atom is 0.126 e. The molecule has 21 heavy (non-hydrogen) atoms. The van der Waals surface area contributed by atoms with Crippen molar-refractivity contribution >= 4 is 10.9 Å². The summed E-state index contributed by atoms with van der Waals surface area (Å²) in [4.78, 5) is 4.34. The number of nitrogens with one attached hydrogen (secondary N) is 1. The Kier molecular flexibility index (Phi) is 3.60. The summed E-state index contributed by atoms with van der Waals surface area (Å²) in [6.07, 6.45) is 1.67. The van der Waals surface area contributed by atoms with Gasteiger partial charge in [0, 0.05) is 23.2 Å². The highest BCUT2D eigenvalue weighted by Gasteiger charge is 2.17. The van der Waals surface area contributed by atoms with Crippen molar-refractivity contribution in [1.29, 1.82) is 0 Å². The Morgan fingerprint density at radius 1 is 1.00 bits per heavy atom. The van der Waals surface area contributed by atoms with Crippen LogP contribution in [0.5, 0.6) is 0 Å². The fourth-order valence-corrected chi connectivity index (χ4v) is 2.47. The number of nitrogens with two attached hydrogens (primary N) is 1. The first-order valence-corrected chi connectivity index (χ1v) is 6.45. The van der Waals surface area contributed by atoms with Crippen molar-refractivity contribution in [3.63, 3.8) is 0 Å². The molecule has 0 bridgehead atoms. The van der Waals surface area contributed by atoms with Crippen molar-refractivity contribution in [3.05, 3.63) is 77.5 Å². The van der Waals surface area contributed by atoms with Crippen molar-refractivity contribution in [2.45, 2.75) is 6.04 Å². The van der Waals surface area contributed by atoms with E-state index in [1.165, 1.54) is 12.1 Å². The van der Waals surface area contributed by atoms with Crippen molar-refractivity contribution < 1.29 is 8.78 Å². The average molecular weight is 285 g/mol. The lowest BCUT2D eigenvalue weighted by atomic mass is 9.96. The number of nitrogens with zero attached hydrogens (tertiary/aromatic N) is 1. The summed E-state index contributed by atoms with van der Waals surface area (Å²) in [5, 5.41) is 0.937. The predicted octanol–water partition coefficient (Wildman–Crippen LogP) is 3.07. The second-order valence-electron chi connectivity index (χ2n) is 4.72. The zero-order valence-corrected chi connectivity index (χ0v) is 11.1. The third kappa shape index (κ3) is 2.61. The van der Waals surface area contributed by atoms with Crippen LogP contribution < -0.4 is 11.3 Å². The molecule has 3 aromatic rings. The third-order valence-electron chi connectivity index (χ3n) is 3.36. The van der Waals surface area contributed by atoms with Gasteiger partial charge in [-0.15, -0.1) is 0 Å². The fraction of sp³-hybridized carbons (Fsp3) is 0.0625. The van der Waals surface area contributed by atoms with Crippen LogP contribution in [0.1, 0.15) is 17.2 Å². The highest BCUT2D eigenvalue weighted by atomic mass is 19.1. The van der Waals surface area contributed by atoms with Crippen molar-refractivity contribution in [2.24, 2.45) is 5.84 Å². The van der Waals surface area contributed by atoms with E-state index in [4.69, 9.17) is 5.84 Å².